The number of rotatable bonds is 2. The summed E-state index contributed by atoms with van der Waals surface area (Å²) in [6.07, 6.45) is 10.5. The molecule has 1 N–H and O–H groups in total. The summed E-state index contributed by atoms with van der Waals surface area (Å²) >= 11 is 0. The van der Waals surface area contributed by atoms with Crippen LogP contribution in [-0.4, -0.2) is 16.1 Å². The SMILES string of the molecule is O=C(O)c1ccncc1C1CCCCCC1. The molecule has 0 amide bonds. The van der Waals surface area contributed by atoms with E-state index < -0.39 is 5.97 Å². The molecule has 3 heteroatoms. The second-order valence-corrected chi connectivity index (χ2v) is 4.46. The highest BCUT2D eigenvalue weighted by atomic mass is 16.4. The van der Waals surface area contributed by atoms with Crippen molar-refractivity contribution in [2.45, 2.75) is 44.4 Å². The second-order valence-electron chi connectivity index (χ2n) is 4.46. The highest BCUT2D eigenvalue weighted by Crippen LogP contribution is 2.32. The first-order valence-corrected chi connectivity index (χ1v) is 5.96. The lowest BCUT2D eigenvalue weighted by Gasteiger charge is -2.15. The van der Waals surface area contributed by atoms with Gasteiger partial charge < -0.3 is 5.11 Å². The van der Waals surface area contributed by atoms with Gasteiger partial charge in [0, 0.05) is 12.4 Å². The van der Waals surface area contributed by atoms with E-state index in [1.165, 1.54) is 25.7 Å². The van der Waals surface area contributed by atoms with E-state index in [2.05, 4.69) is 4.98 Å². The van der Waals surface area contributed by atoms with Gasteiger partial charge in [-0.3, -0.25) is 4.98 Å². The lowest BCUT2D eigenvalue weighted by Crippen LogP contribution is -2.07. The van der Waals surface area contributed by atoms with Gasteiger partial charge in [0.25, 0.3) is 0 Å². The Labute approximate surface area is 95.5 Å². The lowest BCUT2D eigenvalue weighted by atomic mass is 9.90. The summed E-state index contributed by atoms with van der Waals surface area (Å²) < 4.78 is 0. The summed E-state index contributed by atoms with van der Waals surface area (Å²) in [5.41, 5.74) is 1.36. The fourth-order valence-electron chi connectivity index (χ4n) is 2.52. The maximum Gasteiger partial charge on any atom is 0.336 e. The predicted molar refractivity (Wildman–Crippen MR) is 61.6 cm³/mol. The molecular weight excluding hydrogens is 202 g/mol. The quantitative estimate of drug-likeness (QED) is 0.777. The number of carbonyl (C=O) groups is 1. The van der Waals surface area contributed by atoms with E-state index >= 15 is 0 Å². The van der Waals surface area contributed by atoms with Crippen molar-refractivity contribution in [2.75, 3.05) is 0 Å². The summed E-state index contributed by atoms with van der Waals surface area (Å²) in [7, 11) is 0. The molecule has 0 radical (unpaired) electrons. The minimum Gasteiger partial charge on any atom is -0.478 e. The Bertz CT molecular complexity index is 368. The number of carboxylic acids is 1. The summed E-state index contributed by atoms with van der Waals surface area (Å²) in [6.45, 7) is 0. The number of pyridine rings is 1. The number of aromatic carboxylic acids is 1. The summed E-state index contributed by atoms with van der Waals surface area (Å²) in [5, 5.41) is 9.14. The van der Waals surface area contributed by atoms with Gasteiger partial charge in [-0.25, -0.2) is 4.79 Å². The minimum atomic E-state index is -0.832. The zero-order chi connectivity index (χ0) is 11.4. The molecule has 2 rings (SSSR count). The summed E-state index contributed by atoms with van der Waals surface area (Å²) in [5.74, 6) is -0.441. The van der Waals surface area contributed by atoms with Crippen molar-refractivity contribution in [1.82, 2.24) is 4.98 Å². The van der Waals surface area contributed by atoms with E-state index in [0.717, 1.165) is 18.4 Å². The molecule has 86 valence electrons. The van der Waals surface area contributed by atoms with Gasteiger partial charge in [-0.1, -0.05) is 25.7 Å². The van der Waals surface area contributed by atoms with Gasteiger partial charge in [-0.15, -0.1) is 0 Å². The second kappa shape index (κ2) is 5.10. The van der Waals surface area contributed by atoms with Crippen LogP contribution < -0.4 is 0 Å². The van der Waals surface area contributed by atoms with Crippen molar-refractivity contribution in [1.29, 1.82) is 0 Å². The zero-order valence-electron chi connectivity index (χ0n) is 9.35. The first-order chi connectivity index (χ1) is 7.79. The molecule has 0 unspecified atom stereocenters. The molecule has 16 heavy (non-hydrogen) atoms. The molecule has 1 heterocycles. The monoisotopic (exact) mass is 219 g/mol. The van der Waals surface area contributed by atoms with E-state index in [1.54, 1.807) is 18.5 Å². The maximum absolute atomic E-state index is 11.1. The van der Waals surface area contributed by atoms with E-state index in [9.17, 15) is 4.79 Å². The van der Waals surface area contributed by atoms with Gasteiger partial charge in [-0.05, 0) is 30.4 Å². The van der Waals surface area contributed by atoms with Crippen LogP contribution in [0.25, 0.3) is 0 Å². The zero-order valence-corrected chi connectivity index (χ0v) is 9.35. The average molecular weight is 219 g/mol. The Morgan fingerprint density at radius 3 is 2.56 bits per heavy atom. The van der Waals surface area contributed by atoms with Crippen molar-refractivity contribution < 1.29 is 9.90 Å². The molecule has 0 bridgehead atoms. The third-order valence-corrected chi connectivity index (χ3v) is 3.38. The van der Waals surface area contributed by atoms with Gasteiger partial charge in [0.05, 0.1) is 5.56 Å². The first kappa shape index (κ1) is 11.1. The predicted octanol–water partition coefficient (Wildman–Crippen LogP) is 3.22. The van der Waals surface area contributed by atoms with Crippen LogP contribution in [0.1, 0.15) is 60.4 Å². The summed E-state index contributed by atoms with van der Waals surface area (Å²) in [6, 6.07) is 1.61. The third kappa shape index (κ3) is 2.40. The number of aromatic nitrogens is 1. The molecule has 3 nitrogen and oxygen atoms in total. The van der Waals surface area contributed by atoms with Gasteiger partial charge >= 0.3 is 5.97 Å². The van der Waals surface area contributed by atoms with E-state index in [1.807, 2.05) is 0 Å². The van der Waals surface area contributed by atoms with Crippen LogP contribution >= 0.6 is 0 Å². The normalized spacial score (nSPS) is 18.0. The van der Waals surface area contributed by atoms with Crippen LogP contribution in [0.15, 0.2) is 18.5 Å². The number of hydrogen-bond donors (Lipinski definition) is 1. The van der Waals surface area contributed by atoms with Gasteiger partial charge in [0.2, 0.25) is 0 Å². The van der Waals surface area contributed by atoms with Crippen LogP contribution in [0.5, 0.6) is 0 Å². The molecule has 1 fully saturated rings. The largest absolute Gasteiger partial charge is 0.478 e. The van der Waals surface area contributed by atoms with Crippen molar-refractivity contribution in [3.8, 4) is 0 Å². The molecule has 1 aromatic rings. The molecule has 0 spiro atoms. The Kier molecular flexibility index (Phi) is 3.54. The van der Waals surface area contributed by atoms with Crippen LogP contribution in [0, 0.1) is 0 Å². The topological polar surface area (TPSA) is 50.2 Å². The number of nitrogens with zero attached hydrogens (tertiary/aromatic N) is 1. The molecule has 1 aromatic heterocycles. The highest BCUT2D eigenvalue weighted by molar-refractivity contribution is 5.89. The molecule has 1 aliphatic rings. The molecule has 1 aliphatic carbocycles. The Balaban J connectivity index is 2.27. The van der Waals surface area contributed by atoms with Crippen molar-refractivity contribution >= 4 is 5.97 Å². The van der Waals surface area contributed by atoms with Gasteiger partial charge in [0.15, 0.2) is 0 Å². The smallest absolute Gasteiger partial charge is 0.336 e. The van der Waals surface area contributed by atoms with Crippen molar-refractivity contribution in [2.24, 2.45) is 0 Å². The first-order valence-electron chi connectivity index (χ1n) is 5.96. The Morgan fingerprint density at radius 2 is 1.94 bits per heavy atom. The van der Waals surface area contributed by atoms with Gasteiger partial charge in [0.1, 0.15) is 0 Å². The molecule has 0 aromatic carbocycles. The molecule has 0 aliphatic heterocycles. The van der Waals surface area contributed by atoms with Crippen LogP contribution in [0.4, 0.5) is 0 Å². The average Bonchev–Trinajstić information content (AvgIpc) is 2.57. The Hall–Kier alpha value is -1.38. The fourth-order valence-corrected chi connectivity index (χ4v) is 2.52. The molecule has 0 atom stereocenters. The van der Waals surface area contributed by atoms with Crippen LogP contribution in [0.2, 0.25) is 0 Å². The van der Waals surface area contributed by atoms with E-state index in [-0.39, 0.29) is 0 Å². The number of hydrogen-bond acceptors (Lipinski definition) is 2. The fraction of sp³-hybridized carbons (Fsp3) is 0.538. The van der Waals surface area contributed by atoms with Crippen LogP contribution in [0.3, 0.4) is 0 Å². The summed E-state index contributed by atoms with van der Waals surface area (Å²) in [4.78, 5) is 15.2. The number of carboxylic acid groups (broad SMARTS) is 1. The third-order valence-electron chi connectivity index (χ3n) is 3.38. The van der Waals surface area contributed by atoms with Crippen LogP contribution in [-0.2, 0) is 0 Å². The standard InChI is InChI=1S/C13H17NO2/c15-13(16)11-7-8-14-9-12(11)10-5-3-1-2-4-6-10/h7-10H,1-6H2,(H,15,16). The van der Waals surface area contributed by atoms with E-state index in [4.69, 9.17) is 5.11 Å². The molecule has 0 saturated heterocycles. The molecular formula is C13H17NO2. The van der Waals surface area contributed by atoms with E-state index in [0.29, 0.717) is 11.5 Å². The highest BCUT2D eigenvalue weighted by Gasteiger charge is 2.20. The minimum absolute atomic E-state index is 0.391. The van der Waals surface area contributed by atoms with Gasteiger partial charge in [-0.2, -0.15) is 0 Å². The van der Waals surface area contributed by atoms with Crippen molar-refractivity contribution in [3.63, 3.8) is 0 Å². The lowest BCUT2D eigenvalue weighted by molar-refractivity contribution is 0.0695. The maximum atomic E-state index is 11.1. The molecule has 1 saturated carbocycles. The Morgan fingerprint density at radius 1 is 1.25 bits per heavy atom. The van der Waals surface area contributed by atoms with Crippen molar-refractivity contribution in [3.05, 3.63) is 29.6 Å².